The molecule has 8 heteroatoms. The number of hydrogen-bond donors (Lipinski definition) is 3. The van der Waals surface area contributed by atoms with Gasteiger partial charge < -0.3 is 25.6 Å². The van der Waals surface area contributed by atoms with Crippen LogP contribution in [0.3, 0.4) is 0 Å². The zero-order chi connectivity index (χ0) is 29.1. The molecule has 7 nitrogen and oxygen atoms in total. The van der Waals surface area contributed by atoms with Crippen molar-refractivity contribution in [3.8, 4) is 0 Å². The number of amides is 3. The average Bonchev–Trinajstić information content (AvgIpc) is 3.02. The Bertz CT molecular complexity index is 1320. The van der Waals surface area contributed by atoms with E-state index >= 15 is 0 Å². The molecule has 0 radical (unpaired) electrons. The summed E-state index contributed by atoms with van der Waals surface area (Å²) in [5.74, 6) is -0.117. The van der Waals surface area contributed by atoms with Crippen LogP contribution in [0.25, 0.3) is 0 Å². The maximum atomic E-state index is 13.9. The molecule has 3 aromatic rings. The molecule has 0 spiro atoms. The minimum Gasteiger partial charge on any atom is -0.374 e. The van der Waals surface area contributed by atoms with Gasteiger partial charge in [-0.05, 0) is 61.2 Å². The van der Waals surface area contributed by atoms with E-state index in [9.17, 15) is 9.59 Å². The molecule has 2 heterocycles. The van der Waals surface area contributed by atoms with E-state index in [0.717, 1.165) is 31.6 Å². The first-order chi connectivity index (χ1) is 20.6. The van der Waals surface area contributed by atoms with Crippen LogP contribution in [0.15, 0.2) is 96.2 Å². The highest BCUT2D eigenvalue weighted by atomic mass is 35.5. The lowest BCUT2D eigenvalue weighted by atomic mass is 9.88. The lowest BCUT2D eigenvalue weighted by Crippen LogP contribution is -2.48. The number of urea groups is 1. The van der Waals surface area contributed by atoms with Crippen molar-refractivity contribution in [3.05, 3.63) is 118 Å². The predicted molar refractivity (Wildman–Crippen MR) is 166 cm³/mol. The van der Waals surface area contributed by atoms with Crippen LogP contribution in [-0.2, 0) is 9.53 Å². The van der Waals surface area contributed by atoms with E-state index in [2.05, 4.69) is 45.1 Å². The molecule has 42 heavy (non-hydrogen) atoms. The normalized spacial score (nSPS) is 17.6. The van der Waals surface area contributed by atoms with E-state index in [0.29, 0.717) is 29.4 Å². The van der Waals surface area contributed by atoms with Crippen molar-refractivity contribution in [1.82, 2.24) is 20.9 Å². The average molecular weight is 587 g/mol. The summed E-state index contributed by atoms with van der Waals surface area (Å²) >= 11 is 6.30. The summed E-state index contributed by atoms with van der Waals surface area (Å²) in [6.45, 7) is 4.13. The van der Waals surface area contributed by atoms with Crippen LogP contribution < -0.4 is 16.0 Å². The quantitative estimate of drug-likeness (QED) is 0.235. The van der Waals surface area contributed by atoms with E-state index < -0.39 is 6.04 Å². The number of nitrogens with one attached hydrogen (secondary N) is 3. The van der Waals surface area contributed by atoms with Crippen molar-refractivity contribution in [2.45, 2.75) is 37.6 Å². The van der Waals surface area contributed by atoms with Gasteiger partial charge in [0.05, 0.1) is 30.5 Å². The van der Waals surface area contributed by atoms with Crippen LogP contribution in [0.1, 0.15) is 54.3 Å². The Balaban J connectivity index is 1.32. The second-order valence-corrected chi connectivity index (χ2v) is 11.3. The highest BCUT2D eigenvalue weighted by Crippen LogP contribution is 2.30. The highest BCUT2D eigenvalue weighted by molar-refractivity contribution is 6.30. The summed E-state index contributed by atoms with van der Waals surface area (Å²) in [7, 11) is 0. The Kier molecular flexibility index (Phi) is 10.7. The van der Waals surface area contributed by atoms with Gasteiger partial charge in [-0.2, -0.15) is 0 Å². The lowest BCUT2D eigenvalue weighted by Gasteiger charge is -2.30. The number of halogens is 1. The molecule has 1 saturated heterocycles. The monoisotopic (exact) mass is 586 g/mol. The minimum absolute atomic E-state index is 0.132. The number of rotatable bonds is 12. The van der Waals surface area contributed by atoms with Gasteiger partial charge in [-0.25, -0.2) is 4.79 Å². The maximum Gasteiger partial charge on any atom is 0.319 e. The van der Waals surface area contributed by atoms with Gasteiger partial charge in [0.1, 0.15) is 0 Å². The fourth-order valence-corrected chi connectivity index (χ4v) is 6.01. The molecule has 1 atom stereocenters. The number of ether oxygens (including phenoxy) is 1. The van der Waals surface area contributed by atoms with Gasteiger partial charge >= 0.3 is 6.03 Å². The molecule has 2 aliphatic rings. The smallest absolute Gasteiger partial charge is 0.319 e. The van der Waals surface area contributed by atoms with E-state index in [4.69, 9.17) is 16.3 Å². The molecule has 1 fully saturated rings. The third-order valence-corrected chi connectivity index (χ3v) is 8.18. The summed E-state index contributed by atoms with van der Waals surface area (Å²) in [6.07, 6.45) is 4.43. The zero-order valence-electron chi connectivity index (χ0n) is 23.9. The second-order valence-electron chi connectivity index (χ2n) is 10.9. The number of likely N-dealkylation sites (tertiary alicyclic amines) is 1. The van der Waals surface area contributed by atoms with Crippen LogP contribution in [-0.4, -0.2) is 56.2 Å². The topological polar surface area (TPSA) is 82.7 Å². The van der Waals surface area contributed by atoms with Gasteiger partial charge in [0.25, 0.3) is 5.91 Å². The van der Waals surface area contributed by atoms with Crippen LogP contribution in [0.4, 0.5) is 4.79 Å². The van der Waals surface area contributed by atoms with Crippen molar-refractivity contribution in [2.24, 2.45) is 0 Å². The van der Waals surface area contributed by atoms with E-state index in [1.807, 2.05) is 48.5 Å². The Morgan fingerprint density at radius 3 is 2.31 bits per heavy atom. The number of piperidine rings is 1. The summed E-state index contributed by atoms with van der Waals surface area (Å²) < 4.78 is 6.02. The van der Waals surface area contributed by atoms with Gasteiger partial charge in [0.2, 0.25) is 0 Å². The van der Waals surface area contributed by atoms with E-state index in [-0.39, 0.29) is 24.5 Å². The lowest BCUT2D eigenvalue weighted by molar-refractivity contribution is -0.118. The van der Waals surface area contributed by atoms with Crippen LogP contribution in [0.5, 0.6) is 0 Å². The summed E-state index contributed by atoms with van der Waals surface area (Å²) in [4.78, 5) is 29.0. The third-order valence-electron chi connectivity index (χ3n) is 7.95. The molecule has 220 valence electrons. The molecule has 0 bridgehead atoms. The van der Waals surface area contributed by atoms with Gasteiger partial charge in [-0.3, -0.25) is 4.79 Å². The van der Waals surface area contributed by atoms with Crippen LogP contribution in [0, 0.1) is 0 Å². The van der Waals surface area contributed by atoms with Gasteiger partial charge in [-0.15, -0.1) is 0 Å². The number of carbonyl (C=O) groups excluding carboxylic acids is 2. The zero-order valence-corrected chi connectivity index (χ0v) is 24.6. The molecule has 2 aliphatic heterocycles. The first kappa shape index (κ1) is 29.8. The molecule has 0 aromatic heterocycles. The Morgan fingerprint density at radius 1 is 0.952 bits per heavy atom. The maximum absolute atomic E-state index is 13.9. The molecule has 0 saturated carbocycles. The summed E-state index contributed by atoms with van der Waals surface area (Å²) in [5.41, 5.74) is 4.04. The second kappa shape index (κ2) is 15.0. The first-order valence-corrected chi connectivity index (χ1v) is 15.2. The van der Waals surface area contributed by atoms with E-state index in [1.54, 1.807) is 12.1 Å². The van der Waals surface area contributed by atoms with E-state index in [1.165, 1.54) is 30.4 Å². The Morgan fingerprint density at radius 2 is 1.64 bits per heavy atom. The van der Waals surface area contributed by atoms with Crippen LogP contribution >= 0.6 is 11.6 Å². The number of hydrogen-bond acceptors (Lipinski definition) is 4. The molecule has 3 N–H and O–H groups in total. The van der Waals surface area contributed by atoms with Crippen molar-refractivity contribution in [3.63, 3.8) is 0 Å². The van der Waals surface area contributed by atoms with Crippen molar-refractivity contribution in [2.75, 3.05) is 39.4 Å². The minimum atomic E-state index is -0.655. The predicted octanol–water partition coefficient (Wildman–Crippen LogP) is 5.79. The molecular formula is C34H39ClN4O3. The fraction of sp³-hybridized carbons (Fsp3) is 0.353. The van der Waals surface area contributed by atoms with Crippen molar-refractivity contribution >= 4 is 23.5 Å². The summed E-state index contributed by atoms with van der Waals surface area (Å²) in [6, 6.07) is 26.9. The first-order valence-electron chi connectivity index (χ1n) is 14.8. The van der Waals surface area contributed by atoms with Crippen molar-refractivity contribution in [1.29, 1.82) is 0 Å². The number of benzene rings is 3. The molecule has 3 aromatic carbocycles. The van der Waals surface area contributed by atoms with Gasteiger partial charge in [0, 0.05) is 24.0 Å². The standard InChI is InChI=1S/C34H39ClN4O3/c35-28-16-10-15-27(23-28)32-31(30(37-34(41)38-32)24-42-22-21-39-19-8-3-9-20-39)33(40)36-18-17-29(25-11-4-1-5-12-25)26-13-6-2-7-14-26/h1-2,4-7,10-16,23,29,32H,3,8-9,17-22,24H2,(H,36,40)(H2,37,38,41). The number of carbonyl (C=O) groups is 2. The van der Waals surface area contributed by atoms with Crippen LogP contribution in [0.2, 0.25) is 5.02 Å². The molecule has 0 aliphatic carbocycles. The van der Waals surface area contributed by atoms with Gasteiger partial charge in [-0.1, -0.05) is 90.8 Å². The summed E-state index contributed by atoms with van der Waals surface area (Å²) in [5, 5.41) is 9.44. The Hall–Kier alpha value is -3.65. The van der Waals surface area contributed by atoms with Gasteiger partial charge in [0.15, 0.2) is 0 Å². The molecule has 3 amide bonds. The molecular weight excluding hydrogens is 548 g/mol. The Labute approximate surface area is 253 Å². The largest absolute Gasteiger partial charge is 0.374 e. The SMILES string of the molecule is O=C1NC(COCCN2CCCCC2)=C(C(=O)NCCC(c2ccccc2)c2ccccc2)C(c2cccc(Cl)c2)N1. The third kappa shape index (κ3) is 8.00. The molecule has 5 rings (SSSR count). The fourth-order valence-electron chi connectivity index (χ4n) is 5.81. The molecule has 1 unspecified atom stereocenters. The number of nitrogens with zero attached hydrogens (tertiary/aromatic N) is 1. The van der Waals surface area contributed by atoms with Crippen molar-refractivity contribution < 1.29 is 14.3 Å². The highest BCUT2D eigenvalue weighted by Gasteiger charge is 2.33.